The van der Waals surface area contributed by atoms with E-state index in [1.165, 1.54) is 18.2 Å². The van der Waals surface area contributed by atoms with E-state index in [1.807, 2.05) is 6.92 Å². The summed E-state index contributed by atoms with van der Waals surface area (Å²) in [4.78, 5) is 40.5. The lowest BCUT2D eigenvalue weighted by atomic mass is 10.2. The molecule has 0 aliphatic rings. The Labute approximate surface area is 219 Å². The molecule has 13 heteroatoms. The van der Waals surface area contributed by atoms with Crippen LogP contribution in [0.25, 0.3) is 0 Å². The van der Waals surface area contributed by atoms with Gasteiger partial charge in [0, 0.05) is 28.4 Å². The van der Waals surface area contributed by atoms with Gasteiger partial charge in [0.25, 0.3) is 11.6 Å². The molecule has 0 atom stereocenters. The molecule has 1 heterocycles. The molecule has 0 aliphatic carbocycles. The van der Waals surface area contributed by atoms with Crippen molar-refractivity contribution in [3.05, 3.63) is 82.0 Å². The fourth-order valence-corrected chi connectivity index (χ4v) is 3.72. The number of halogens is 3. The zero-order valence-corrected chi connectivity index (χ0v) is 21.0. The minimum Gasteiger partial charge on any atom is -0.445 e. The van der Waals surface area contributed by atoms with Crippen molar-refractivity contribution in [2.75, 3.05) is 17.2 Å². The molecule has 3 aromatic rings. The molecule has 0 unspecified atom stereocenters. The van der Waals surface area contributed by atoms with Gasteiger partial charge < -0.3 is 10.1 Å². The van der Waals surface area contributed by atoms with E-state index < -0.39 is 27.3 Å². The van der Waals surface area contributed by atoms with Crippen molar-refractivity contribution in [2.24, 2.45) is 0 Å². The number of nitro groups is 1. The van der Waals surface area contributed by atoms with Crippen molar-refractivity contribution < 1.29 is 19.2 Å². The van der Waals surface area contributed by atoms with Gasteiger partial charge in [-0.3, -0.25) is 20.2 Å². The van der Waals surface area contributed by atoms with E-state index in [4.69, 9.17) is 39.5 Å². The number of amides is 2. The smallest absolute Gasteiger partial charge is 0.411 e. The fraction of sp³-hybridized carbons (Fsp3) is 0.136. The first-order valence-electron chi connectivity index (χ1n) is 9.81. The number of nitrogens with one attached hydrogen (secondary N) is 2. The molecule has 0 saturated heterocycles. The molecule has 1 aromatic heterocycles. The summed E-state index contributed by atoms with van der Waals surface area (Å²) in [7, 11) is 0. The Morgan fingerprint density at radius 3 is 2.40 bits per heavy atom. The molecule has 2 aromatic carbocycles. The molecule has 0 bridgehead atoms. The Balaban J connectivity index is 1.68. The van der Waals surface area contributed by atoms with Gasteiger partial charge in [0.1, 0.15) is 12.4 Å². The topological polar surface area (TPSA) is 123 Å². The molecule has 0 aliphatic heterocycles. The van der Waals surface area contributed by atoms with Gasteiger partial charge in [0.2, 0.25) is 3.79 Å². The molecule has 3 rings (SSSR count). The number of anilines is 2. The molecule has 2 N–H and O–H groups in total. The van der Waals surface area contributed by atoms with Crippen LogP contribution in [0.5, 0.6) is 0 Å². The van der Waals surface area contributed by atoms with Crippen molar-refractivity contribution in [3.63, 3.8) is 0 Å². The number of benzene rings is 2. The fourth-order valence-electron chi connectivity index (χ4n) is 2.65. The number of hydrogen-bond acceptors (Lipinski definition) is 7. The lowest BCUT2D eigenvalue weighted by Gasteiger charge is -2.12. The first-order valence-corrected chi connectivity index (χ1v) is 11.8. The average Bonchev–Trinajstić information content (AvgIpc) is 2.80. The van der Waals surface area contributed by atoms with Gasteiger partial charge in [-0.1, -0.05) is 52.6 Å². The van der Waals surface area contributed by atoms with E-state index >= 15 is 0 Å². The van der Waals surface area contributed by atoms with Gasteiger partial charge in [-0.05, 0) is 55.0 Å². The SMILES string of the molecule is Cc1ccc(NC(=O)c2ccc(Sc3ccc(NC(=O)OCC(Cl)(Cl)Cl)cc3)c([N+](=O)[O-])c2)nc1. The van der Waals surface area contributed by atoms with Gasteiger partial charge in [-0.15, -0.1) is 0 Å². The van der Waals surface area contributed by atoms with Crippen molar-refractivity contribution in [1.29, 1.82) is 0 Å². The lowest BCUT2D eigenvalue weighted by Crippen LogP contribution is -2.21. The molecule has 9 nitrogen and oxygen atoms in total. The highest BCUT2D eigenvalue weighted by Crippen LogP contribution is 2.36. The quantitative estimate of drug-likeness (QED) is 0.191. The number of ether oxygens (including phenoxy) is 1. The summed E-state index contributed by atoms with van der Waals surface area (Å²) in [5, 5.41) is 16.7. The van der Waals surface area contributed by atoms with Gasteiger partial charge >= 0.3 is 6.09 Å². The Kier molecular flexibility index (Phi) is 8.79. The number of hydrogen-bond donors (Lipinski definition) is 2. The monoisotopic (exact) mass is 554 g/mol. The number of alkyl halides is 3. The highest BCUT2D eigenvalue weighted by molar-refractivity contribution is 7.99. The number of carbonyl (C=O) groups excluding carboxylic acids is 2. The van der Waals surface area contributed by atoms with Crippen molar-refractivity contribution in [2.45, 2.75) is 20.5 Å². The Morgan fingerprint density at radius 1 is 1.09 bits per heavy atom. The van der Waals surface area contributed by atoms with Crippen LogP contribution in [0.1, 0.15) is 15.9 Å². The second kappa shape index (κ2) is 11.6. The predicted molar refractivity (Wildman–Crippen MR) is 136 cm³/mol. The van der Waals surface area contributed by atoms with Crippen molar-refractivity contribution in [1.82, 2.24) is 4.98 Å². The Morgan fingerprint density at radius 2 is 1.80 bits per heavy atom. The Hall–Kier alpha value is -3.05. The van der Waals surface area contributed by atoms with Crippen LogP contribution in [-0.2, 0) is 4.74 Å². The minimum atomic E-state index is -1.72. The summed E-state index contributed by atoms with van der Waals surface area (Å²) in [6, 6.07) is 14.1. The van der Waals surface area contributed by atoms with Crippen LogP contribution in [0.2, 0.25) is 0 Å². The van der Waals surface area contributed by atoms with E-state index in [9.17, 15) is 19.7 Å². The first-order chi connectivity index (χ1) is 16.5. The first kappa shape index (κ1) is 26.6. The Bertz CT molecular complexity index is 1240. The third-order valence-corrected chi connectivity index (χ3v) is 5.67. The van der Waals surface area contributed by atoms with Crippen LogP contribution < -0.4 is 10.6 Å². The normalized spacial score (nSPS) is 11.0. The third kappa shape index (κ3) is 8.29. The van der Waals surface area contributed by atoms with E-state index in [0.29, 0.717) is 21.3 Å². The second-order valence-electron chi connectivity index (χ2n) is 7.06. The highest BCUT2D eigenvalue weighted by atomic mass is 35.6. The van der Waals surface area contributed by atoms with Crippen LogP contribution >= 0.6 is 46.6 Å². The van der Waals surface area contributed by atoms with Gasteiger partial charge in [-0.2, -0.15) is 0 Å². The molecule has 0 fully saturated rings. The maximum absolute atomic E-state index is 12.5. The third-order valence-electron chi connectivity index (χ3n) is 4.27. The standard InChI is InChI=1S/C22H17Cl3N4O5S/c1-13-2-9-19(26-11-13)28-20(30)14-3-8-18(17(10-14)29(32)33)35-16-6-4-15(5-7-16)27-21(31)34-12-22(23,24)25/h2-11H,12H2,1H3,(H,27,31)(H,26,28,30). The summed E-state index contributed by atoms with van der Waals surface area (Å²) in [6.45, 7) is 1.45. The van der Waals surface area contributed by atoms with Crippen LogP contribution in [-0.4, -0.2) is 32.3 Å². The van der Waals surface area contributed by atoms with Crippen LogP contribution in [0.3, 0.4) is 0 Å². The summed E-state index contributed by atoms with van der Waals surface area (Å²) < 4.78 is 3.07. The maximum Gasteiger partial charge on any atom is 0.411 e. The molecule has 0 spiro atoms. The number of pyridine rings is 1. The molecule has 182 valence electrons. The van der Waals surface area contributed by atoms with E-state index in [1.54, 1.807) is 42.6 Å². The second-order valence-corrected chi connectivity index (χ2v) is 10.7. The van der Waals surface area contributed by atoms with Crippen LogP contribution in [0, 0.1) is 17.0 Å². The number of rotatable bonds is 7. The maximum atomic E-state index is 12.5. The van der Waals surface area contributed by atoms with Crippen molar-refractivity contribution in [3.8, 4) is 0 Å². The number of carbonyl (C=O) groups is 2. The molecule has 0 radical (unpaired) electrons. The molecular formula is C22H17Cl3N4O5S. The minimum absolute atomic E-state index is 0.122. The summed E-state index contributed by atoms with van der Waals surface area (Å²) in [5.74, 6) is -0.176. The summed E-state index contributed by atoms with van der Waals surface area (Å²) in [5.41, 5.74) is 1.24. The zero-order valence-electron chi connectivity index (χ0n) is 18.0. The number of nitro benzene ring substituents is 1. The summed E-state index contributed by atoms with van der Waals surface area (Å²) in [6.07, 6.45) is 0.799. The number of aryl methyl sites for hydroxylation is 1. The van der Waals surface area contributed by atoms with Crippen LogP contribution in [0.4, 0.5) is 22.0 Å². The lowest BCUT2D eigenvalue weighted by molar-refractivity contribution is -0.387. The van der Waals surface area contributed by atoms with Crippen LogP contribution in [0.15, 0.2) is 70.6 Å². The molecular weight excluding hydrogens is 539 g/mol. The van der Waals surface area contributed by atoms with Gasteiger partial charge in [-0.25, -0.2) is 9.78 Å². The van der Waals surface area contributed by atoms with E-state index in [-0.39, 0.29) is 11.3 Å². The van der Waals surface area contributed by atoms with Gasteiger partial charge in [0.15, 0.2) is 0 Å². The van der Waals surface area contributed by atoms with Crippen molar-refractivity contribution >= 4 is 75.8 Å². The summed E-state index contributed by atoms with van der Waals surface area (Å²) >= 11 is 17.7. The average molecular weight is 556 g/mol. The zero-order chi connectivity index (χ0) is 25.6. The molecule has 35 heavy (non-hydrogen) atoms. The highest BCUT2D eigenvalue weighted by Gasteiger charge is 2.22. The number of nitrogens with zero attached hydrogens (tertiary/aromatic N) is 2. The number of aromatic nitrogens is 1. The van der Waals surface area contributed by atoms with E-state index in [2.05, 4.69) is 15.6 Å². The van der Waals surface area contributed by atoms with E-state index in [0.717, 1.165) is 17.3 Å². The molecule has 2 amide bonds. The largest absolute Gasteiger partial charge is 0.445 e. The van der Waals surface area contributed by atoms with Gasteiger partial charge in [0.05, 0.1) is 9.82 Å². The molecule has 0 saturated carbocycles. The predicted octanol–water partition coefficient (Wildman–Crippen LogP) is 6.62.